The third-order valence-electron chi connectivity index (χ3n) is 4.98. The number of hydrogen-bond donors (Lipinski definition) is 1. The molecule has 3 aromatic carbocycles. The third-order valence-corrected chi connectivity index (χ3v) is 4.98. The average molecular weight is 425 g/mol. The molecule has 0 radical (unpaired) electrons. The Labute approximate surface area is 186 Å². The number of aromatic nitrogens is 1. The van der Waals surface area contributed by atoms with Gasteiger partial charge in [-0.1, -0.05) is 78.4 Å². The number of pyridine rings is 1. The van der Waals surface area contributed by atoms with E-state index in [2.05, 4.69) is 4.98 Å². The molecule has 0 atom stereocenters. The van der Waals surface area contributed by atoms with Crippen molar-refractivity contribution < 1.29 is 19.4 Å². The second kappa shape index (κ2) is 9.79. The number of ether oxygens (including phenoxy) is 2. The summed E-state index contributed by atoms with van der Waals surface area (Å²) in [5.41, 5.74) is 4.32. The number of nitrogens with zero attached hydrogens (tertiary/aromatic N) is 1. The van der Waals surface area contributed by atoms with E-state index < -0.39 is 5.97 Å². The lowest BCUT2D eigenvalue weighted by Gasteiger charge is -2.15. The van der Waals surface area contributed by atoms with Gasteiger partial charge < -0.3 is 14.6 Å². The normalized spacial score (nSPS) is 10.5. The molecule has 1 N–H and O–H groups in total. The van der Waals surface area contributed by atoms with Crippen LogP contribution in [-0.4, -0.2) is 16.1 Å². The molecule has 0 bridgehead atoms. The Kier molecular flexibility index (Phi) is 6.46. The molecule has 5 heteroatoms. The molecule has 0 unspecified atom stereocenters. The summed E-state index contributed by atoms with van der Waals surface area (Å²) in [7, 11) is 0. The molecule has 32 heavy (non-hydrogen) atoms. The molecular weight excluding hydrogens is 402 g/mol. The average Bonchev–Trinajstić information content (AvgIpc) is 2.82. The molecule has 0 aliphatic carbocycles. The predicted octanol–water partition coefficient (Wildman–Crippen LogP) is 5.91. The fourth-order valence-electron chi connectivity index (χ4n) is 3.34. The van der Waals surface area contributed by atoms with Crippen molar-refractivity contribution >= 4 is 5.97 Å². The van der Waals surface area contributed by atoms with Crippen molar-refractivity contribution in [2.75, 3.05) is 0 Å². The van der Waals surface area contributed by atoms with Gasteiger partial charge in [0, 0.05) is 17.2 Å². The zero-order chi connectivity index (χ0) is 22.3. The molecule has 0 saturated carbocycles. The maximum atomic E-state index is 11.8. The number of carboxylic acids is 1. The highest BCUT2D eigenvalue weighted by molar-refractivity contribution is 5.97. The Bertz CT molecular complexity index is 1210. The van der Waals surface area contributed by atoms with Gasteiger partial charge in [0.05, 0.1) is 5.56 Å². The first-order valence-corrected chi connectivity index (χ1v) is 10.3. The number of carbonyl (C=O) groups is 1. The van der Waals surface area contributed by atoms with E-state index in [-0.39, 0.29) is 5.56 Å². The number of aryl methyl sites for hydroxylation is 1. The van der Waals surface area contributed by atoms with Gasteiger partial charge in [-0.25, -0.2) is 4.79 Å². The van der Waals surface area contributed by atoms with Crippen molar-refractivity contribution in [2.24, 2.45) is 0 Å². The van der Waals surface area contributed by atoms with Crippen LogP contribution in [0.1, 0.15) is 27.0 Å². The lowest BCUT2D eigenvalue weighted by Crippen LogP contribution is -2.05. The summed E-state index contributed by atoms with van der Waals surface area (Å²) < 4.78 is 11.9. The number of rotatable bonds is 8. The molecule has 0 spiro atoms. The number of benzene rings is 3. The summed E-state index contributed by atoms with van der Waals surface area (Å²) in [5, 5.41) is 9.70. The topological polar surface area (TPSA) is 68.7 Å². The molecule has 0 saturated heterocycles. The van der Waals surface area contributed by atoms with Crippen LogP contribution in [0, 0.1) is 6.92 Å². The Morgan fingerprint density at radius 2 is 1.41 bits per heavy atom. The first-order valence-electron chi connectivity index (χ1n) is 10.3. The summed E-state index contributed by atoms with van der Waals surface area (Å²) >= 11 is 0. The molecule has 1 heterocycles. The van der Waals surface area contributed by atoms with Crippen molar-refractivity contribution in [1.29, 1.82) is 0 Å². The van der Waals surface area contributed by atoms with E-state index in [1.165, 1.54) is 0 Å². The van der Waals surface area contributed by atoms with Gasteiger partial charge in [-0.2, -0.15) is 4.98 Å². The minimum absolute atomic E-state index is 0.194. The van der Waals surface area contributed by atoms with E-state index in [9.17, 15) is 9.90 Å². The molecule has 0 amide bonds. The summed E-state index contributed by atoms with van der Waals surface area (Å²) in [4.78, 5) is 16.4. The molecule has 4 rings (SSSR count). The number of carboxylic acid groups (broad SMARTS) is 1. The number of hydrogen-bond acceptors (Lipinski definition) is 4. The van der Waals surface area contributed by atoms with Gasteiger partial charge in [0.1, 0.15) is 13.2 Å². The van der Waals surface area contributed by atoms with Crippen LogP contribution < -0.4 is 9.47 Å². The van der Waals surface area contributed by atoms with Crippen molar-refractivity contribution in [3.05, 3.63) is 113 Å². The molecule has 5 nitrogen and oxygen atoms in total. The predicted molar refractivity (Wildman–Crippen MR) is 123 cm³/mol. The molecule has 0 fully saturated rings. The van der Waals surface area contributed by atoms with Crippen LogP contribution in [-0.2, 0) is 13.2 Å². The second-order valence-electron chi connectivity index (χ2n) is 7.40. The molecule has 1 aromatic heterocycles. The monoisotopic (exact) mass is 425 g/mol. The highest BCUT2D eigenvalue weighted by Gasteiger charge is 2.18. The van der Waals surface area contributed by atoms with E-state index in [1.54, 1.807) is 24.3 Å². The molecule has 0 aliphatic rings. The van der Waals surface area contributed by atoms with Crippen molar-refractivity contribution in [3.63, 3.8) is 0 Å². The van der Waals surface area contributed by atoms with Crippen molar-refractivity contribution in [3.8, 4) is 22.9 Å². The van der Waals surface area contributed by atoms with Gasteiger partial charge in [-0.3, -0.25) is 0 Å². The van der Waals surface area contributed by atoms with E-state index in [4.69, 9.17) is 9.47 Å². The van der Waals surface area contributed by atoms with Crippen LogP contribution in [0.2, 0.25) is 0 Å². The van der Waals surface area contributed by atoms with Gasteiger partial charge >= 0.3 is 5.97 Å². The summed E-state index contributed by atoms with van der Waals surface area (Å²) in [5.74, 6) is -0.267. The number of aromatic carboxylic acids is 1. The van der Waals surface area contributed by atoms with Crippen molar-refractivity contribution in [2.45, 2.75) is 20.1 Å². The van der Waals surface area contributed by atoms with E-state index >= 15 is 0 Å². The van der Waals surface area contributed by atoms with Crippen LogP contribution in [0.5, 0.6) is 11.8 Å². The molecule has 4 aromatic rings. The second-order valence-corrected chi connectivity index (χ2v) is 7.40. The van der Waals surface area contributed by atoms with Crippen LogP contribution in [0.25, 0.3) is 11.1 Å². The summed E-state index contributed by atoms with van der Waals surface area (Å²) in [6, 6.07) is 28.3. The van der Waals surface area contributed by atoms with Gasteiger partial charge in [-0.05, 0) is 30.2 Å². The zero-order valence-corrected chi connectivity index (χ0v) is 17.7. The maximum absolute atomic E-state index is 11.8. The van der Waals surface area contributed by atoms with Gasteiger partial charge in [0.15, 0.2) is 0 Å². The Balaban J connectivity index is 1.68. The minimum atomic E-state index is -1.00. The van der Waals surface area contributed by atoms with E-state index in [0.29, 0.717) is 36.1 Å². The quantitative estimate of drug-likeness (QED) is 0.380. The third kappa shape index (κ3) is 5.13. The summed E-state index contributed by atoms with van der Waals surface area (Å²) in [6.45, 7) is 2.59. The Morgan fingerprint density at radius 3 is 2.03 bits per heavy atom. The fraction of sp³-hybridized carbons (Fsp3) is 0.111. The highest BCUT2D eigenvalue weighted by Crippen LogP contribution is 2.34. The molecule has 0 aliphatic heterocycles. The minimum Gasteiger partial charge on any atom is -0.478 e. The fourth-order valence-corrected chi connectivity index (χ4v) is 3.34. The Morgan fingerprint density at radius 1 is 0.781 bits per heavy atom. The SMILES string of the molecule is Cc1ccc(C(=O)O)c(-c2ccc(OCc3ccccc3)nc2OCc2ccccc2)c1. The highest BCUT2D eigenvalue weighted by atomic mass is 16.5. The smallest absolute Gasteiger partial charge is 0.336 e. The molecular formula is C27H23NO4. The first-order chi connectivity index (χ1) is 15.6. The van der Waals surface area contributed by atoms with E-state index in [0.717, 1.165) is 16.7 Å². The largest absolute Gasteiger partial charge is 0.478 e. The lowest BCUT2D eigenvalue weighted by atomic mass is 9.98. The lowest BCUT2D eigenvalue weighted by molar-refractivity contribution is 0.0697. The zero-order valence-electron chi connectivity index (χ0n) is 17.7. The standard InChI is InChI=1S/C27H23NO4/c1-19-12-13-23(27(29)30)24(16-19)22-14-15-25(31-17-20-8-4-2-5-9-20)28-26(22)32-18-21-10-6-3-7-11-21/h2-16H,17-18H2,1H3,(H,29,30). The van der Waals surface area contributed by atoms with Gasteiger partial charge in [-0.15, -0.1) is 0 Å². The summed E-state index contributed by atoms with van der Waals surface area (Å²) in [6.07, 6.45) is 0. The first kappa shape index (κ1) is 21.1. The molecule has 160 valence electrons. The van der Waals surface area contributed by atoms with Crippen molar-refractivity contribution in [1.82, 2.24) is 4.98 Å². The van der Waals surface area contributed by atoms with Crippen LogP contribution >= 0.6 is 0 Å². The van der Waals surface area contributed by atoms with Crippen LogP contribution in [0.3, 0.4) is 0 Å². The van der Waals surface area contributed by atoms with Gasteiger partial charge in [0.2, 0.25) is 11.8 Å². The van der Waals surface area contributed by atoms with E-state index in [1.807, 2.05) is 73.7 Å². The van der Waals surface area contributed by atoms with Gasteiger partial charge in [0.25, 0.3) is 0 Å². The van der Waals surface area contributed by atoms with Crippen LogP contribution in [0.15, 0.2) is 91.0 Å². The Hall–Kier alpha value is -4.12. The maximum Gasteiger partial charge on any atom is 0.336 e. The van der Waals surface area contributed by atoms with Crippen LogP contribution in [0.4, 0.5) is 0 Å².